The van der Waals surface area contributed by atoms with Crippen LogP contribution in [0.4, 0.5) is 26.2 Å². The SMILES string of the molecule is CNc1cc(OC)c(Cl)c(-c2cc3cnc(N)nc3c(NC3CC(F)(F)C3)n2)c1Cl. The molecule has 0 unspecified atom stereocenters. The van der Waals surface area contributed by atoms with E-state index in [9.17, 15) is 8.78 Å². The van der Waals surface area contributed by atoms with E-state index < -0.39 is 12.0 Å². The van der Waals surface area contributed by atoms with Crippen LogP contribution in [0.5, 0.6) is 5.75 Å². The summed E-state index contributed by atoms with van der Waals surface area (Å²) in [6.07, 6.45) is 0.960. The number of anilines is 3. The lowest BCUT2D eigenvalue weighted by molar-refractivity contribution is -0.0793. The molecule has 2 heterocycles. The lowest BCUT2D eigenvalue weighted by Gasteiger charge is -2.35. The molecule has 1 aliphatic carbocycles. The van der Waals surface area contributed by atoms with Crippen LogP contribution < -0.4 is 21.1 Å². The van der Waals surface area contributed by atoms with Gasteiger partial charge in [-0.2, -0.15) is 0 Å². The molecule has 158 valence electrons. The number of nitrogen functional groups attached to an aromatic ring is 1. The number of nitrogens with zero attached hydrogens (tertiary/aromatic N) is 3. The number of fused-ring (bicyclic) bond motifs is 1. The van der Waals surface area contributed by atoms with Gasteiger partial charge in [0.2, 0.25) is 5.95 Å². The second kappa shape index (κ2) is 7.55. The summed E-state index contributed by atoms with van der Waals surface area (Å²) in [7, 11) is 3.21. The van der Waals surface area contributed by atoms with Crippen LogP contribution in [0.1, 0.15) is 12.8 Å². The maximum absolute atomic E-state index is 13.3. The summed E-state index contributed by atoms with van der Waals surface area (Å²) in [6, 6.07) is 2.95. The Hall–Kier alpha value is -2.65. The predicted molar refractivity (Wildman–Crippen MR) is 115 cm³/mol. The number of benzene rings is 1. The number of ether oxygens (including phenoxy) is 1. The Labute approximate surface area is 181 Å². The quantitative estimate of drug-likeness (QED) is 0.507. The molecule has 3 aromatic rings. The highest BCUT2D eigenvalue weighted by atomic mass is 35.5. The summed E-state index contributed by atoms with van der Waals surface area (Å²) in [5.41, 5.74) is 7.58. The normalized spacial score (nSPS) is 15.7. The molecule has 0 aliphatic heterocycles. The molecule has 11 heteroatoms. The van der Waals surface area contributed by atoms with E-state index in [0.29, 0.717) is 44.4 Å². The molecule has 0 saturated heterocycles. The average molecular weight is 455 g/mol. The molecule has 0 spiro atoms. The van der Waals surface area contributed by atoms with E-state index >= 15 is 0 Å². The van der Waals surface area contributed by atoms with Crippen molar-refractivity contribution in [3.8, 4) is 17.0 Å². The zero-order chi connectivity index (χ0) is 21.6. The third kappa shape index (κ3) is 3.63. The lowest BCUT2D eigenvalue weighted by Crippen LogP contribution is -2.44. The predicted octanol–water partition coefficient (Wildman–Crippen LogP) is 4.84. The van der Waals surface area contributed by atoms with Crippen molar-refractivity contribution in [3.05, 3.63) is 28.4 Å². The molecule has 1 aliphatic rings. The van der Waals surface area contributed by atoms with Crippen molar-refractivity contribution in [2.45, 2.75) is 24.8 Å². The molecular formula is C19H18Cl2F2N6O. The largest absolute Gasteiger partial charge is 0.495 e. The lowest BCUT2D eigenvalue weighted by atomic mass is 9.88. The fourth-order valence-electron chi connectivity index (χ4n) is 3.41. The van der Waals surface area contributed by atoms with Crippen molar-refractivity contribution in [2.24, 2.45) is 0 Å². The Morgan fingerprint density at radius 2 is 1.93 bits per heavy atom. The van der Waals surface area contributed by atoms with Crippen molar-refractivity contribution in [3.63, 3.8) is 0 Å². The number of methoxy groups -OCH3 is 1. The number of alkyl halides is 2. The van der Waals surface area contributed by atoms with Gasteiger partial charge in [-0.25, -0.2) is 23.7 Å². The highest BCUT2D eigenvalue weighted by molar-refractivity contribution is 6.41. The van der Waals surface area contributed by atoms with Gasteiger partial charge in [0.15, 0.2) is 5.82 Å². The van der Waals surface area contributed by atoms with Crippen LogP contribution in [-0.2, 0) is 0 Å². The minimum absolute atomic E-state index is 0.0500. The van der Waals surface area contributed by atoms with Gasteiger partial charge in [0.25, 0.3) is 5.92 Å². The fourth-order valence-corrected chi connectivity index (χ4v) is 4.12. The standard InChI is InChI=1S/C19H18Cl2F2N6O/c1-25-11-4-12(30-2)15(21)13(14(11)20)10-3-8-7-26-18(24)29-16(8)17(28-10)27-9-5-19(22,23)6-9/h3-4,7,9,25H,5-6H2,1-2H3,(H,27,28)(H2,24,26,29). The zero-order valence-electron chi connectivity index (χ0n) is 16.1. The monoisotopic (exact) mass is 454 g/mol. The Morgan fingerprint density at radius 1 is 1.20 bits per heavy atom. The van der Waals surface area contributed by atoms with Crippen LogP contribution in [-0.4, -0.2) is 41.1 Å². The number of halogens is 4. The number of rotatable bonds is 5. The minimum Gasteiger partial charge on any atom is -0.495 e. The summed E-state index contributed by atoms with van der Waals surface area (Å²) in [6.45, 7) is 0. The number of nitrogens with two attached hydrogens (primary N) is 1. The van der Waals surface area contributed by atoms with Gasteiger partial charge < -0.3 is 21.1 Å². The molecule has 2 aromatic heterocycles. The van der Waals surface area contributed by atoms with E-state index in [2.05, 4.69) is 25.6 Å². The van der Waals surface area contributed by atoms with Crippen LogP contribution in [0.25, 0.3) is 22.2 Å². The van der Waals surface area contributed by atoms with Gasteiger partial charge in [-0.3, -0.25) is 0 Å². The van der Waals surface area contributed by atoms with Crippen molar-refractivity contribution in [1.29, 1.82) is 0 Å². The van der Waals surface area contributed by atoms with Crippen LogP contribution in [0, 0.1) is 0 Å². The van der Waals surface area contributed by atoms with Crippen LogP contribution in [0.15, 0.2) is 18.3 Å². The van der Waals surface area contributed by atoms with E-state index in [-0.39, 0.29) is 23.8 Å². The van der Waals surface area contributed by atoms with E-state index in [1.807, 2.05) is 0 Å². The first-order chi connectivity index (χ1) is 14.2. The molecule has 0 radical (unpaired) electrons. The third-order valence-corrected chi connectivity index (χ3v) is 5.70. The summed E-state index contributed by atoms with van der Waals surface area (Å²) in [5.74, 6) is -1.92. The maximum atomic E-state index is 13.3. The zero-order valence-corrected chi connectivity index (χ0v) is 17.6. The molecule has 0 amide bonds. The van der Waals surface area contributed by atoms with E-state index in [4.69, 9.17) is 33.7 Å². The Kier molecular flexibility index (Phi) is 5.19. The topological polar surface area (TPSA) is 98.0 Å². The Morgan fingerprint density at radius 3 is 2.57 bits per heavy atom. The van der Waals surface area contributed by atoms with Gasteiger partial charge in [0, 0.05) is 49.1 Å². The second-order valence-electron chi connectivity index (χ2n) is 7.01. The van der Waals surface area contributed by atoms with E-state index in [0.717, 1.165) is 0 Å². The summed E-state index contributed by atoms with van der Waals surface area (Å²) in [5, 5.41) is 7.24. The average Bonchev–Trinajstić information content (AvgIpc) is 2.67. The highest BCUT2D eigenvalue weighted by Gasteiger charge is 2.45. The van der Waals surface area contributed by atoms with Crippen molar-refractivity contribution >= 4 is 51.6 Å². The molecule has 1 fully saturated rings. The number of aromatic nitrogens is 3. The number of hydrogen-bond donors (Lipinski definition) is 3. The molecule has 0 atom stereocenters. The van der Waals surface area contributed by atoms with Crippen LogP contribution >= 0.6 is 23.2 Å². The van der Waals surface area contributed by atoms with Gasteiger partial charge >= 0.3 is 0 Å². The molecule has 30 heavy (non-hydrogen) atoms. The summed E-state index contributed by atoms with van der Waals surface area (Å²) in [4.78, 5) is 12.8. The highest BCUT2D eigenvalue weighted by Crippen LogP contribution is 2.46. The smallest absolute Gasteiger partial charge is 0.252 e. The van der Waals surface area contributed by atoms with Crippen LogP contribution in [0.3, 0.4) is 0 Å². The first-order valence-corrected chi connectivity index (χ1v) is 9.79. The molecule has 1 saturated carbocycles. The number of hydrogen-bond acceptors (Lipinski definition) is 7. The van der Waals surface area contributed by atoms with Crippen LogP contribution in [0.2, 0.25) is 10.0 Å². The molecule has 7 nitrogen and oxygen atoms in total. The Bertz CT molecular complexity index is 1110. The first-order valence-electron chi connectivity index (χ1n) is 9.04. The second-order valence-corrected chi connectivity index (χ2v) is 7.76. The molecule has 4 N–H and O–H groups in total. The van der Waals surface area contributed by atoms with Gasteiger partial charge in [-0.05, 0) is 6.07 Å². The first kappa shape index (κ1) is 20.6. The summed E-state index contributed by atoms with van der Waals surface area (Å²) >= 11 is 13.1. The van der Waals surface area contributed by atoms with Gasteiger partial charge in [0.1, 0.15) is 11.3 Å². The Balaban J connectivity index is 1.90. The van der Waals surface area contributed by atoms with Gasteiger partial charge in [0.05, 0.1) is 28.5 Å². The maximum Gasteiger partial charge on any atom is 0.252 e. The fraction of sp³-hybridized carbons (Fsp3) is 0.316. The molecule has 0 bridgehead atoms. The molecule has 4 rings (SSSR count). The van der Waals surface area contributed by atoms with Gasteiger partial charge in [-0.1, -0.05) is 23.2 Å². The molecule has 1 aromatic carbocycles. The minimum atomic E-state index is -2.68. The van der Waals surface area contributed by atoms with Crippen molar-refractivity contribution < 1.29 is 13.5 Å². The third-order valence-electron chi connectivity index (χ3n) is 4.93. The molecular weight excluding hydrogens is 437 g/mol. The number of nitrogens with one attached hydrogen (secondary N) is 2. The van der Waals surface area contributed by atoms with Gasteiger partial charge in [-0.15, -0.1) is 0 Å². The van der Waals surface area contributed by atoms with Crippen molar-refractivity contribution in [1.82, 2.24) is 15.0 Å². The van der Waals surface area contributed by atoms with Crippen molar-refractivity contribution in [2.75, 3.05) is 30.5 Å². The van der Waals surface area contributed by atoms with E-state index in [1.54, 1.807) is 19.2 Å². The number of pyridine rings is 1. The summed E-state index contributed by atoms with van der Waals surface area (Å²) < 4.78 is 32.0. The van der Waals surface area contributed by atoms with E-state index in [1.165, 1.54) is 13.3 Å².